The average Bonchev–Trinajstić information content (AvgIpc) is 3.37. The van der Waals surface area contributed by atoms with E-state index in [0.29, 0.717) is 35.6 Å². The fraction of sp³-hybridized carbons (Fsp3) is 0.462. The Morgan fingerprint density at radius 1 is 1.24 bits per heavy atom. The molecule has 3 aromatic rings. The summed E-state index contributed by atoms with van der Waals surface area (Å²) >= 11 is 7.84. The molecule has 3 heterocycles. The van der Waals surface area contributed by atoms with Crippen LogP contribution in [0.4, 0.5) is 0 Å². The quantitative estimate of drug-likeness (QED) is 0.516. The third kappa shape index (κ3) is 3.87. The molecule has 174 valence electrons. The van der Waals surface area contributed by atoms with Crippen molar-refractivity contribution in [1.29, 1.82) is 0 Å². The molecule has 5 nitrogen and oxygen atoms in total. The van der Waals surface area contributed by atoms with Crippen LogP contribution in [0.5, 0.6) is 0 Å². The van der Waals surface area contributed by atoms with Crippen LogP contribution in [0.1, 0.15) is 56.1 Å². The van der Waals surface area contributed by atoms with Crippen molar-refractivity contribution in [2.45, 2.75) is 64.7 Å². The molecule has 1 aliphatic heterocycles. The number of carbonyl (C=O) groups excluding carboxylic acids is 2. The number of nitrogens with zero attached hydrogens (tertiary/aromatic N) is 2. The highest BCUT2D eigenvalue weighted by Gasteiger charge is 2.48. The third-order valence-corrected chi connectivity index (χ3v) is 8.88. The molecule has 1 N–H and O–H groups in total. The SMILES string of the molecule is C[C@@H]1[C@H](C)CCC[C@@H]1NC(=O)[C@@]1(C)Cn2c(cc3sccc32)C(=O)N1Cc1cccc(Cl)c1. The summed E-state index contributed by atoms with van der Waals surface area (Å²) in [4.78, 5) is 29.5. The van der Waals surface area contributed by atoms with Gasteiger partial charge in [-0.15, -0.1) is 11.3 Å². The Bertz CT molecular complexity index is 1220. The number of hydrogen-bond donors (Lipinski definition) is 1. The van der Waals surface area contributed by atoms with Crippen LogP contribution in [0.25, 0.3) is 10.2 Å². The minimum absolute atomic E-state index is 0.0773. The first-order valence-electron chi connectivity index (χ1n) is 11.7. The summed E-state index contributed by atoms with van der Waals surface area (Å²) in [5, 5.41) is 6.01. The van der Waals surface area contributed by atoms with Crippen molar-refractivity contribution in [3.8, 4) is 0 Å². The monoisotopic (exact) mass is 483 g/mol. The summed E-state index contributed by atoms with van der Waals surface area (Å²) in [6.45, 7) is 7.16. The van der Waals surface area contributed by atoms with E-state index < -0.39 is 5.54 Å². The van der Waals surface area contributed by atoms with Gasteiger partial charge in [0.25, 0.3) is 5.91 Å². The smallest absolute Gasteiger partial charge is 0.271 e. The lowest BCUT2D eigenvalue weighted by Crippen LogP contribution is -2.65. The van der Waals surface area contributed by atoms with Gasteiger partial charge in [0, 0.05) is 17.6 Å². The Hall–Kier alpha value is -2.31. The lowest BCUT2D eigenvalue weighted by Gasteiger charge is -2.45. The van der Waals surface area contributed by atoms with E-state index in [1.165, 1.54) is 6.42 Å². The van der Waals surface area contributed by atoms with Crippen LogP contribution in [-0.2, 0) is 17.9 Å². The van der Waals surface area contributed by atoms with E-state index in [4.69, 9.17) is 11.6 Å². The molecule has 2 amide bonds. The summed E-state index contributed by atoms with van der Waals surface area (Å²) in [5.74, 6) is 0.797. The Morgan fingerprint density at radius 3 is 2.85 bits per heavy atom. The molecule has 0 bridgehead atoms. The molecule has 0 radical (unpaired) electrons. The molecule has 0 saturated heterocycles. The van der Waals surface area contributed by atoms with Gasteiger partial charge < -0.3 is 14.8 Å². The van der Waals surface area contributed by atoms with Gasteiger partial charge in [-0.2, -0.15) is 0 Å². The first-order valence-corrected chi connectivity index (χ1v) is 13.0. The largest absolute Gasteiger partial charge is 0.351 e. The lowest BCUT2D eigenvalue weighted by atomic mass is 9.77. The van der Waals surface area contributed by atoms with Crippen LogP contribution >= 0.6 is 22.9 Å². The predicted octanol–water partition coefficient (Wildman–Crippen LogP) is 5.71. The van der Waals surface area contributed by atoms with Gasteiger partial charge in [0.1, 0.15) is 11.2 Å². The van der Waals surface area contributed by atoms with E-state index in [2.05, 4.69) is 19.2 Å². The van der Waals surface area contributed by atoms with E-state index >= 15 is 0 Å². The Kier molecular flexibility index (Phi) is 5.78. The maximum atomic E-state index is 13.9. The second-order valence-electron chi connectivity index (χ2n) is 9.93. The van der Waals surface area contributed by atoms with Gasteiger partial charge in [-0.05, 0) is 60.4 Å². The Labute approximate surface area is 203 Å². The molecule has 2 aromatic heterocycles. The number of nitrogens with one attached hydrogen (secondary N) is 1. The zero-order valence-corrected chi connectivity index (χ0v) is 20.9. The van der Waals surface area contributed by atoms with E-state index in [-0.39, 0.29) is 17.9 Å². The van der Waals surface area contributed by atoms with Crippen molar-refractivity contribution < 1.29 is 9.59 Å². The normalized spacial score (nSPS) is 27.6. The zero-order valence-electron chi connectivity index (χ0n) is 19.3. The van der Waals surface area contributed by atoms with Gasteiger partial charge in [-0.3, -0.25) is 9.59 Å². The summed E-state index contributed by atoms with van der Waals surface area (Å²) in [5.41, 5.74) is 1.56. The molecule has 1 aromatic carbocycles. The molecular formula is C26H30ClN3O2S. The fourth-order valence-corrected chi connectivity index (χ4v) is 6.48. The Balaban J connectivity index is 1.53. The molecule has 7 heteroatoms. The lowest BCUT2D eigenvalue weighted by molar-refractivity contribution is -0.134. The number of carbonyl (C=O) groups is 2. The van der Waals surface area contributed by atoms with Crippen molar-refractivity contribution in [1.82, 2.24) is 14.8 Å². The topological polar surface area (TPSA) is 54.3 Å². The summed E-state index contributed by atoms with van der Waals surface area (Å²) in [7, 11) is 0. The zero-order chi connectivity index (χ0) is 23.3. The molecule has 4 atom stereocenters. The second kappa shape index (κ2) is 8.48. The van der Waals surface area contributed by atoms with Crippen LogP contribution in [0.15, 0.2) is 41.8 Å². The minimum Gasteiger partial charge on any atom is -0.351 e. The minimum atomic E-state index is -1.01. The van der Waals surface area contributed by atoms with Crippen molar-refractivity contribution in [3.63, 3.8) is 0 Å². The van der Waals surface area contributed by atoms with E-state index in [1.54, 1.807) is 16.2 Å². The van der Waals surface area contributed by atoms with E-state index in [1.807, 2.05) is 53.3 Å². The van der Waals surface area contributed by atoms with Crippen LogP contribution in [0.3, 0.4) is 0 Å². The van der Waals surface area contributed by atoms with E-state index in [0.717, 1.165) is 28.6 Å². The number of hydrogen-bond acceptors (Lipinski definition) is 3. The van der Waals surface area contributed by atoms with Crippen molar-refractivity contribution in [2.75, 3.05) is 0 Å². The number of halogens is 1. The van der Waals surface area contributed by atoms with Crippen molar-refractivity contribution in [2.24, 2.45) is 11.8 Å². The van der Waals surface area contributed by atoms with Gasteiger partial charge in [0.05, 0.1) is 16.8 Å². The molecule has 0 unspecified atom stereocenters. The van der Waals surface area contributed by atoms with Gasteiger partial charge in [0.15, 0.2) is 0 Å². The second-order valence-corrected chi connectivity index (χ2v) is 11.3. The van der Waals surface area contributed by atoms with Crippen molar-refractivity contribution in [3.05, 3.63) is 58.1 Å². The number of benzene rings is 1. The number of fused-ring (bicyclic) bond motifs is 3. The van der Waals surface area contributed by atoms with Gasteiger partial charge >= 0.3 is 0 Å². The van der Waals surface area contributed by atoms with Crippen molar-refractivity contribution >= 4 is 45.0 Å². The molecule has 1 fully saturated rings. The fourth-order valence-electron chi connectivity index (χ4n) is 5.45. The highest BCUT2D eigenvalue weighted by Crippen LogP contribution is 2.36. The average molecular weight is 484 g/mol. The molecule has 33 heavy (non-hydrogen) atoms. The van der Waals surface area contributed by atoms with Crippen LogP contribution in [0, 0.1) is 11.8 Å². The number of rotatable bonds is 4. The highest BCUT2D eigenvalue weighted by molar-refractivity contribution is 7.17. The molecule has 1 aliphatic carbocycles. The Morgan fingerprint density at radius 2 is 2.06 bits per heavy atom. The molecule has 1 saturated carbocycles. The highest BCUT2D eigenvalue weighted by atomic mass is 35.5. The molecule has 5 rings (SSSR count). The maximum absolute atomic E-state index is 13.9. The molecule has 0 spiro atoms. The molecule has 2 aliphatic rings. The summed E-state index contributed by atoms with van der Waals surface area (Å²) in [6.07, 6.45) is 3.31. The van der Waals surface area contributed by atoms with Gasteiger partial charge in [-0.1, -0.05) is 50.4 Å². The first kappa shape index (κ1) is 22.5. The van der Waals surface area contributed by atoms with Gasteiger partial charge in [0.2, 0.25) is 5.91 Å². The molecular weight excluding hydrogens is 454 g/mol. The first-order chi connectivity index (χ1) is 15.8. The summed E-state index contributed by atoms with van der Waals surface area (Å²) < 4.78 is 3.09. The van der Waals surface area contributed by atoms with Crippen LogP contribution < -0.4 is 5.32 Å². The number of thiophene rings is 1. The number of amides is 2. The van der Waals surface area contributed by atoms with E-state index in [9.17, 15) is 9.59 Å². The third-order valence-electron chi connectivity index (χ3n) is 7.79. The van der Waals surface area contributed by atoms with Crippen LogP contribution in [0.2, 0.25) is 5.02 Å². The summed E-state index contributed by atoms with van der Waals surface area (Å²) in [6, 6.07) is 11.6. The number of aromatic nitrogens is 1. The van der Waals surface area contributed by atoms with Crippen LogP contribution in [-0.4, -0.2) is 32.9 Å². The maximum Gasteiger partial charge on any atom is 0.271 e. The predicted molar refractivity (Wildman–Crippen MR) is 134 cm³/mol. The van der Waals surface area contributed by atoms with Gasteiger partial charge in [-0.25, -0.2) is 0 Å². The standard InChI is InChI=1S/C26H30ClN3O2S/c1-16-6-4-9-20(17(16)2)28-25(32)26(3)15-29-21-10-11-33-23(21)13-22(29)24(31)30(26)14-18-7-5-8-19(27)12-18/h5,7-8,10-13,16-17,20H,4,6,9,14-15H2,1-3H3,(H,28,32)/t16-,17-,20+,26-/m1/s1.